The predicted molar refractivity (Wildman–Crippen MR) is 80.0 cm³/mol. The Morgan fingerprint density at radius 2 is 1.71 bits per heavy atom. The molecule has 0 aliphatic heterocycles. The molecule has 0 bridgehead atoms. The normalized spacial score (nSPS) is 12.3. The maximum atomic E-state index is 10.2. The summed E-state index contributed by atoms with van der Waals surface area (Å²) in [5.41, 5.74) is 2.65. The van der Waals surface area contributed by atoms with E-state index in [-0.39, 0.29) is 5.89 Å². The largest absolute Gasteiger partial charge is 0.378 e. The lowest BCUT2D eigenvalue weighted by Crippen LogP contribution is -1.99. The molecule has 21 heavy (non-hydrogen) atoms. The van der Waals surface area contributed by atoms with Crippen LogP contribution in [0.2, 0.25) is 5.02 Å². The fourth-order valence-electron chi connectivity index (χ4n) is 1.95. The van der Waals surface area contributed by atoms with E-state index in [0.717, 1.165) is 11.1 Å². The van der Waals surface area contributed by atoms with Gasteiger partial charge < -0.3 is 9.63 Å². The second-order valence-corrected chi connectivity index (χ2v) is 5.21. The van der Waals surface area contributed by atoms with Crippen LogP contribution in [0.25, 0.3) is 11.4 Å². The summed E-state index contributed by atoms with van der Waals surface area (Å²) in [6.45, 7) is 2.01. The van der Waals surface area contributed by atoms with E-state index in [2.05, 4.69) is 10.1 Å². The molecular formula is C16H13ClN2O2. The smallest absolute Gasteiger partial charge is 0.260 e. The fraction of sp³-hybridized carbons (Fsp3) is 0.125. The van der Waals surface area contributed by atoms with Gasteiger partial charge in [0, 0.05) is 10.6 Å². The van der Waals surface area contributed by atoms with Crippen molar-refractivity contribution in [3.05, 3.63) is 70.6 Å². The van der Waals surface area contributed by atoms with Crippen molar-refractivity contribution >= 4 is 11.6 Å². The highest BCUT2D eigenvalue weighted by Crippen LogP contribution is 2.24. The number of rotatable bonds is 3. The summed E-state index contributed by atoms with van der Waals surface area (Å²) in [6, 6.07) is 14.6. The molecule has 1 unspecified atom stereocenters. The minimum Gasteiger partial charge on any atom is -0.378 e. The summed E-state index contributed by atoms with van der Waals surface area (Å²) in [4.78, 5) is 4.25. The minimum atomic E-state index is -0.964. The molecule has 1 atom stereocenters. The van der Waals surface area contributed by atoms with Gasteiger partial charge in [-0.2, -0.15) is 4.98 Å². The van der Waals surface area contributed by atoms with Crippen LogP contribution in [0.4, 0.5) is 0 Å². The van der Waals surface area contributed by atoms with Crippen LogP contribution in [0.1, 0.15) is 23.1 Å². The number of aliphatic hydroxyl groups is 1. The number of aromatic nitrogens is 2. The van der Waals surface area contributed by atoms with Crippen molar-refractivity contribution < 1.29 is 9.63 Å². The van der Waals surface area contributed by atoms with Crippen molar-refractivity contribution in [2.75, 3.05) is 0 Å². The first-order valence-corrected chi connectivity index (χ1v) is 6.85. The number of nitrogens with zero attached hydrogens (tertiary/aromatic N) is 2. The standard InChI is InChI=1S/C16H13ClN2O2/c1-10-2-4-12(5-3-10)15-18-16(21-19-15)14(20)11-6-8-13(17)9-7-11/h2-9,14,20H,1H3. The zero-order chi connectivity index (χ0) is 14.8. The summed E-state index contributed by atoms with van der Waals surface area (Å²) in [7, 11) is 0. The summed E-state index contributed by atoms with van der Waals surface area (Å²) in [6.07, 6.45) is -0.964. The van der Waals surface area contributed by atoms with E-state index in [1.54, 1.807) is 24.3 Å². The summed E-state index contributed by atoms with van der Waals surface area (Å²) in [5.74, 6) is 0.617. The van der Waals surface area contributed by atoms with E-state index in [4.69, 9.17) is 16.1 Å². The van der Waals surface area contributed by atoms with Crippen molar-refractivity contribution in [1.82, 2.24) is 10.1 Å². The molecule has 1 heterocycles. The van der Waals surface area contributed by atoms with Gasteiger partial charge in [-0.3, -0.25) is 0 Å². The van der Waals surface area contributed by atoms with Gasteiger partial charge in [-0.15, -0.1) is 0 Å². The molecule has 0 aliphatic carbocycles. The number of hydrogen-bond acceptors (Lipinski definition) is 4. The summed E-state index contributed by atoms with van der Waals surface area (Å²) < 4.78 is 5.15. The Hall–Kier alpha value is -2.17. The molecule has 3 aromatic rings. The van der Waals surface area contributed by atoms with Crippen molar-refractivity contribution in [3.8, 4) is 11.4 Å². The lowest BCUT2D eigenvalue weighted by Gasteiger charge is -2.05. The Balaban J connectivity index is 1.87. The molecular weight excluding hydrogens is 288 g/mol. The van der Waals surface area contributed by atoms with Crippen LogP contribution < -0.4 is 0 Å². The highest BCUT2D eigenvalue weighted by molar-refractivity contribution is 6.30. The number of benzene rings is 2. The summed E-state index contributed by atoms with van der Waals surface area (Å²) in [5, 5.41) is 14.8. The van der Waals surface area contributed by atoms with Crippen molar-refractivity contribution in [1.29, 1.82) is 0 Å². The van der Waals surface area contributed by atoms with Crippen LogP contribution in [0, 0.1) is 6.92 Å². The molecule has 0 spiro atoms. The van der Waals surface area contributed by atoms with Crippen LogP contribution in [-0.2, 0) is 0 Å². The lowest BCUT2D eigenvalue weighted by atomic mass is 10.1. The van der Waals surface area contributed by atoms with Gasteiger partial charge in [0.15, 0.2) is 6.10 Å². The molecule has 2 aromatic carbocycles. The Labute approximate surface area is 127 Å². The third-order valence-corrected chi connectivity index (χ3v) is 3.42. The van der Waals surface area contributed by atoms with Crippen LogP contribution in [0.5, 0.6) is 0 Å². The molecule has 0 amide bonds. The van der Waals surface area contributed by atoms with E-state index < -0.39 is 6.10 Å². The van der Waals surface area contributed by atoms with Crippen LogP contribution in [0.3, 0.4) is 0 Å². The molecule has 106 valence electrons. The Bertz CT molecular complexity index is 736. The highest BCUT2D eigenvalue weighted by Gasteiger charge is 2.18. The minimum absolute atomic E-state index is 0.160. The van der Waals surface area contributed by atoms with E-state index in [1.165, 1.54) is 0 Å². The van der Waals surface area contributed by atoms with Gasteiger partial charge in [0.1, 0.15) is 0 Å². The topological polar surface area (TPSA) is 59.2 Å². The Kier molecular flexibility index (Phi) is 3.73. The molecule has 0 saturated heterocycles. The molecule has 3 rings (SSSR count). The maximum absolute atomic E-state index is 10.2. The van der Waals surface area contributed by atoms with E-state index in [1.807, 2.05) is 31.2 Å². The first kappa shape index (κ1) is 13.8. The Morgan fingerprint density at radius 3 is 2.38 bits per heavy atom. The van der Waals surface area contributed by atoms with Crippen LogP contribution >= 0.6 is 11.6 Å². The lowest BCUT2D eigenvalue weighted by molar-refractivity contribution is 0.170. The second kappa shape index (κ2) is 5.68. The van der Waals surface area contributed by atoms with Crippen LogP contribution in [0.15, 0.2) is 53.1 Å². The molecule has 5 heteroatoms. The number of hydrogen-bond donors (Lipinski definition) is 1. The van der Waals surface area contributed by atoms with E-state index in [9.17, 15) is 5.11 Å². The Morgan fingerprint density at radius 1 is 1.05 bits per heavy atom. The number of aryl methyl sites for hydroxylation is 1. The third kappa shape index (κ3) is 2.96. The van der Waals surface area contributed by atoms with Gasteiger partial charge in [0.05, 0.1) is 0 Å². The summed E-state index contributed by atoms with van der Waals surface area (Å²) >= 11 is 5.83. The average molecular weight is 301 g/mol. The van der Waals surface area contributed by atoms with Gasteiger partial charge in [-0.05, 0) is 24.6 Å². The average Bonchev–Trinajstić information content (AvgIpc) is 2.98. The third-order valence-electron chi connectivity index (χ3n) is 3.17. The van der Waals surface area contributed by atoms with Gasteiger partial charge in [-0.25, -0.2) is 0 Å². The van der Waals surface area contributed by atoms with Crippen LogP contribution in [-0.4, -0.2) is 15.2 Å². The van der Waals surface area contributed by atoms with Gasteiger partial charge in [-0.1, -0.05) is 58.7 Å². The first-order valence-electron chi connectivity index (χ1n) is 6.47. The zero-order valence-corrected chi connectivity index (χ0v) is 12.1. The fourth-order valence-corrected chi connectivity index (χ4v) is 2.08. The number of halogens is 1. The maximum Gasteiger partial charge on any atom is 0.260 e. The molecule has 0 fully saturated rings. The van der Waals surface area contributed by atoms with Crippen molar-refractivity contribution in [2.45, 2.75) is 13.0 Å². The SMILES string of the molecule is Cc1ccc(-c2noc(C(O)c3ccc(Cl)cc3)n2)cc1. The first-order chi connectivity index (χ1) is 10.1. The molecule has 0 aliphatic rings. The molecule has 1 aromatic heterocycles. The molecule has 0 saturated carbocycles. The molecule has 0 radical (unpaired) electrons. The van der Waals surface area contributed by atoms with Gasteiger partial charge in [0.2, 0.25) is 5.82 Å². The van der Waals surface area contributed by atoms with Crippen molar-refractivity contribution in [3.63, 3.8) is 0 Å². The highest BCUT2D eigenvalue weighted by atomic mass is 35.5. The predicted octanol–water partition coefficient (Wildman–Crippen LogP) is 3.78. The number of aliphatic hydroxyl groups excluding tert-OH is 1. The zero-order valence-electron chi connectivity index (χ0n) is 11.3. The van der Waals surface area contributed by atoms with Gasteiger partial charge in [0.25, 0.3) is 5.89 Å². The second-order valence-electron chi connectivity index (χ2n) is 4.78. The van der Waals surface area contributed by atoms with E-state index >= 15 is 0 Å². The van der Waals surface area contributed by atoms with E-state index in [0.29, 0.717) is 16.4 Å². The van der Waals surface area contributed by atoms with Crippen molar-refractivity contribution in [2.24, 2.45) is 0 Å². The quantitative estimate of drug-likeness (QED) is 0.799. The monoisotopic (exact) mass is 300 g/mol. The molecule has 1 N–H and O–H groups in total. The molecule has 4 nitrogen and oxygen atoms in total. The van der Waals surface area contributed by atoms with Gasteiger partial charge >= 0.3 is 0 Å².